The number of aromatic nitrogens is 1. The molecule has 1 fully saturated rings. The van der Waals surface area contributed by atoms with Gasteiger partial charge in [0, 0.05) is 52.1 Å². The highest BCUT2D eigenvalue weighted by Gasteiger charge is 2.15. The third-order valence-corrected chi connectivity index (χ3v) is 4.95. The van der Waals surface area contributed by atoms with E-state index in [0.717, 1.165) is 25.5 Å². The van der Waals surface area contributed by atoms with Crippen molar-refractivity contribution in [2.75, 3.05) is 45.2 Å². The van der Waals surface area contributed by atoms with Gasteiger partial charge in [-0.15, -0.1) is 35.3 Å². The highest BCUT2D eigenvalue weighted by Crippen LogP contribution is 2.24. The Bertz CT molecular complexity index is 471. The Morgan fingerprint density at radius 2 is 2.17 bits per heavy atom. The Balaban J connectivity index is 0.00000264. The van der Waals surface area contributed by atoms with Crippen LogP contribution in [0.1, 0.15) is 38.3 Å². The molecule has 0 amide bonds. The number of hydrogen-bond donors (Lipinski definition) is 1. The van der Waals surface area contributed by atoms with Crippen LogP contribution in [0.3, 0.4) is 0 Å². The van der Waals surface area contributed by atoms with Crippen molar-refractivity contribution in [3.8, 4) is 0 Å². The molecule has 1 aromatic rings. The molecule has 0 atom stereocenters. The molecule has 23 heavy (non-hydrogen) atoms. The van der Waals surface area contributed by atoms with Crippen molar-refractivity contribution in [2.45, 2.75) is 39.0 Å². The molecule has 5 nitrogen and oxygen atoms in total. The molecule has 0 aromatic carbocycles. The fraction of sp³-hybridized carbons (Fsp3) is 0.750. The first kappa shape index (κ1) is 20.5. The van der Waals surface area contributed by atoms with E-state index in [-0.39, 0.29) is 24.0 Å². The maximum Gasteiger partial charge on any atom is 0.193 e. The van der Waals surface area contributed by atoms with E-state index in [1.54, 1.807) is 11.3 Å². The van der Waals surface area contributed by atoms with E-state index in [1.807, 2.05) is 7.05 Å². The Morgan fingerprint density at radius 3 is 2.83 bits per heavy atom. The van der Waals surface area contributed by atoms with Crippen molar-refractivity contribution in [1.29, 1.82) is 0 Å². The Morgan fingerprint density at radius 1 is 1.43 bits per heavy atom. The zero-order chi connectivity index (χ0) is 15.8. The van der Waals surface area contributed by atoms with Gasteiger partial charge in [0.2, 0.25) is 0 Å². The molecule has 0 unspecified atom stereocenters. The third kappa shape index (κ3) is 6.45. The lowest BCUT2D eigenvalue weighted by Gasteiger charge is -2.21. The predicted octanol–water partition coefficient (Wildman–Crippen LogP) is 3.21. The summed E-state index contributed by atoms with van der Waals surface area (Å²) >= 11 is 1.78. The molecule has 2 rings (SSSR count). The summed E-state index contributed by atoms with van der Waals surface area (Å²) in [5.74, 6) is 0.975. The lowest BCUT2D eigenvalue weighted by Crippen LogP contribution is -2.40. The lowest BCUT2D eigenvalue weighted by molar-refractivity contribution is 0.465. The highest BCUT2D eigenvalue weighted by atomic mass is 127. The SMILES string of the molecule is CCCCN(C)C(=NC)NCCc1csc(N2CCCC2)n1.I. The minimum absolute atomic E-state index is 0. The van der Waals surface area contributed by atoms with Crippen molar-refractivity contribution < 1.29 is 0 Å². The van der Waals surface area contributed by atoms with E-state index in [4.69, 9.17) is 4.98 Å². The van der Waals surface area contributed by atoms with Crippen LogP contribution in [0.15, 0.2) is 10.4 Å². The van der Waals surface area contributed by atoms with Crippen LogP contribution in [0.4, 0.5) is 5.13 Å². The number of guanidine groups is 1. The molecule has 1 aliphatic heterocycles. The summed E-state index contributed by atoms with van der Waals surface area (Å²) in [5.41, 5.74) is 1.19. The molecule has 7 heteroatoms. The van der Waals surface area contributed by atoms with Crippen LogP contribution in [-0.4, -0.2) is 56.1 Å². The van der Waals surface area contributed by atoms with Gasteiger partial charge in [-0.3, -0.25) is 4.99 Å². The third-order valence-electron chi connectivity index (χ3n) is 4.00. The Labute approximate surface area is 161 Å². The van der Waals surface area contributed by atoms with Crippen molar-refractivity contribution >= 4 is 46.4 Å². The predicted molar refractivity (Wildman–Crippen MR) is 112 cm³/mol. The average Bonchev–Trinajstić information content (AvgIpc) is 3.20. The van der Waals surface area contributed by atoms with E-state index < -0.39 is 0 Å². The Kier molecular flexibility index (Phi) is 9.85. The fourth-order valence-corrected chi connectivity index (χ4v) is 3.57. The van der Waals surface area contributed by atoms with E-state index in [9.17, 15) is 0 Å². The molecule has 0 saturated carbocycles. The number of nitrogens with zero attached hydrogens (tertiary/aromatic N) is 4. The summed E-state index contributed by atoms with van der Waals surface area (Å²) in [4.78, 5) is 13.7. The van der Waals surface area contributed by atoms with Crippen LogP contribution in [0, 0.1) is 0 Å². The minimum atomic E-state index is 0. The quantitative estimate of drug-likeness (QED) is 0.393. The molecule has 1 aromatic heterocycles. The molecule has 1 saturated heterocycles. The molecular weight excluding hydrogens is 421 g/mol. The molecule has 0 aliphatic carbocycles. The molecule has 1 N–H and O–H groups in total. The number of nitrogens with one attached hydrogen (secondary N) is 1. The zero-order valence-electron chi connectivity index (χ0n) is 14.5. The van der Waals surface area contributed by atoms with Crippen molar-refractivity contribution in [1.82, 2.24) is 15.2 Å². The van der Waals surface area contributed by atoms with Crippen LogP contribution >= 0.6 is 35.3 Å². The summed E-state index contributed by atoms with van der Waals surface area (Å²) in [6, 6.07) is 0. The molecular formula is C16H30IN5S. The number of halogens is 1. The maximum absolute atomic E-state index is 4.76. The van der Waals surface area contributed by atoms with E-state index in [2.05, 4.69) is 39.5 Å². The van der Waals surface area contributed by atoms with Crippen LogP contribution in [-0.2, 0) is 6.42 Å². The molecule has 2 heterocycles. The second kappa shape index (κ2) is 11.1. The topological polar surface area (TPSA) is 43.8 Å². The number of unbranched alkanes of at least 4 members (excludes halogenated alkanes) is 1. The fourth-order valence-electron chi connectivity index (χ4n) is 2.65. The summed E-state index contributed by atoms with van der Waals surface area (Å²) in [6.45, 7) is 6.47. The summed E-state index contributed by atoms with van der Waals surface area (Å²) < 4.78 is 0. The number of aliphatic imine (C=N–C) groups is 1. The first-order valence-corrected chi connectivity index (χ1v) is 9.23. The lowest BCUT2D eigenvalue weighted by atomic mass is 10.3. The van der Waals surface area contributed by atoms with Gasteiger partial charge in [-0.05, 0) is 19.3 Å². The van der Waals surface area contributed by atoms with Crippen molar-refractivity contribution in [3.63, 3.8) is 0 Å². The van der Waals surface area contributed by atoms with Gasteiger partial charge in [0.1, 0.15) is 0 Å². The van der Waals surface area contributed by atoms with Gasteiger partial charge < -0.3 is 15.1 Å². The molecule has 1 aliphatic rings. The summed E-state index contributed by atoms with van der Waals surface area (Å²) in [5, 5.41) is 6.82. The van der Waals surface area contributed by atoms with Gasteiger partial charge in [0.05, 0.1) is 5.69 Å². The van der Waals surface area contributed by atoms with E-state index >= 15 is 0 Å². The van der Waals surface area contributed by atoms with Gasteiger partial charge in [-0.2, -0.15) is 0 Å². The van der Waals surface area contributed by atoms with Crippen molar-refractivity contribution in [2.24, 2.45) is 4.99 Å². The van der Waals surface area contributed by atoms with Crippen LogP contribution in [0.25, 0.3) is 0 Å². The first-order valence-electron chi connectivity index (χ1n) is 8.35. The number of anilines is 1. The van der Waals surface area contributed by atoms with Gasteiger partial charge in [0.15, 0.2) is 11.1 Å². The highest BCUT2D eigenvalue weighted by molar-refractivity contribution is 14.0. The molecule has 132 valence electrons. The second-order valence-electron chi connectivity index (χ2n) is 5.81. The number of hydrogen-bond acceptors (Lipinski definition) is 4. The minimum Gasteiger partial charge on any atom is -0.356 e. The van der Waals surface area contributed by atoms with E-state index in [0.29, 0.717) is 0 Å². The zero-order valence-corrected chi connectivity index (χ0v) is 17.7. The monoisotopic (exact) mass is 451 g/mol. The number of thiazole rings is 1. The number of rotatable bonds is 7. The maximum atomic E-state index is 4.76. The van der Waals surface area contributed by atoms with Gasteiger partial charge >= 0.3 is 0 Å². The van der Waals surface area contributed by atoms with Gasteiger partial charge in [-0.25, -0.2) is 4.98 Å². The van der Waals surface area contributed by atoms with Crippen LogP contribution < -0.4 is 10.2 Å². The first-order chi connectivity index (χ1) is 10.7. The largest absolute Gasteiger partial charge is 0.356 e. The van der Waals surface area contributed by atoms with Gasteiger partial charge in [-0.1, -0.05) is 13.3 Å². The van der Waals surface area contributed by atoms with Crippen LogP contribution in [0.5, 0.6) is 0 Å². The summed E-state index contributed by atoms with van der Waals surface area (Å²) in [7, 11) is 3.94. The molecule has 0 bridgehead atoms. The average molecular weight is 451 g/mol. The summed E-state index contributed by atoms with van der Waals surface area (Å²) in [6.07, 6.45) is 5.96. The normalized spacial score (nSPS) is 14.7. The van der Waals surface area contributed by atoms with Crippen molar-refractivity contribution in [3.05, 3.63) is 11.1 Å². The second-order valence-corrected chi connectivity index (χ2v) is 6.65. The molecule has 0 spiro atoms. The standard InChI is InChI=1S/C16H29N5S.HI/c1-4-5-10-20(3)15(17-2)18-9-8-14-13-22-16(19-14)21-11-6-7-12-21;/h13H,4-12H2,1-3H3,(H,17,18);1H. The van der Waals surface area contributed by atoms with E-state index in [1.165, 1.54) is 49.6 Å². The Hall–Kier alpha value is -0.570. The van der Waals surface area contributed by atoms with Gasteiger partial charge in [0.25, 0.3) is 0 Å². The van der Waals surface area contributed by atoms with Crippen LogP contribution in [0.2, 0.25) is 0 Å². The smallest absolute Gasteiger partial charge is 0.193 e. The molecule has 0 radical (unpaired) electrons.